The molecule has 0 spiro atoms. The fourth-order valence-corrected chi connectivity index (χ4v) is 2.18. The lowest BCUT2D eigenvalue weighted by molar-refractivity contribution is -0.122. The zero-order valence-corrected chi connectivity index (χ0v) is 13.3. The quantitative estimate of drug-likeness (QED) is 0.726. The van der Waals surface area contributed by atoms with Crippen molar-refractivity contribution < 1.29 is 18.4 Å². The minimum Gasteiger partial charge on any atom is -0.467 e. The number of hydrogen-bond donors (Lipinski definition) is 3. The van der Waals surface area contributed by atoms with E-state index in [2.05, 4.69) is 16.0 Å². The molecular formula is C17H20FN3O3. The van der Waals surface area contributed by atoms with Crippen LogP contribution in [-0.4, -0.2) is 31.2 Å². The summed E-state index contributed by atoms with van der Waals surface area (Å²) in [5, 5.41) is 7.68. The molecule has 128 valence electrons. The van der Waals surface area contributed by atoms with Crippen LogP contribution in [0.25, 0.3) is 0 Å². The van der Waals surface area contributed by atoms with E-state index in [1.54, 1.807) is 12.1 Å². The van der Waals surface area contributed by atoms with Crippen molar-refractivity contribution >= 4 is 11.9 Å². The van der Waals surface area contributed by atoms with Crippen molar-refractivity contribution in [2.75, 3.05) is 13.2 Å². The second-order valence-electron chi connectivity index (χ2n) is 5.18. The summed E-state index contributed by atoms with van der Waals surface area (Å²) < 4.78 is 17.5. The maximum absolute atomic E-state index is 12.2. The van der Waals surface area contributed by atoms with Gasteiger partial charge in [0, 0.05) is 6.54 Å². The lowest BCUT2D eigenvalue weighted by Crippen LogP contribution is -2.49. The van der Waals surface area contributed by atoms with Crippen molar-refractivity contribution in [2.24, 2.45) is 0 Å². The molecular weight excluding hydrogens is 313 g/mol. The van der Waals surface area contributed by atoms with E-state index in [1.807, 2.05) is 30.3 Å². The van der Waals surface area contributed by atoms with E-state index in [0.717, 1.165) is 5.56 Å². The molecule has 0 radical (unpaired) electrons. The summed E-state index contributed by atoms with van der Waals surface area (Å²) in [6, 6.07) is 11.0. The fourth-order valence-electron chi connectivity index (χ4n) is 2.18. The van der Waals surface area contributed by atoms with Crippen molar-refractivity contribution in [2.45, 2.75) is 19.0 Å². The molecule has 1 aromatic carbocycles. The maximum Gasteiger partial charge on any atom is 0.316 e. The zero-order valence-electron chi connectivity index (χ0n) is 13.3. The van der Waals surface area contributed by atoms with Crippen LogP contribution >= 0.6 is 0 Å². The molecule has 1 aromatic heterocycles. The highest BCUT2D eigenvalue weighted by molar-refractivity contribution is 5.86. The largest absolute Gasteiger partial charge is 0.467 e. The number of benzene rings is 1. The summed E-state index contributed by atoms with van der Waals surface area (Å²) in [4.78, 5) is 23.9. The van der Waals surface area contributed by atoms with Gasteiger partial charge in [0.05, 0.1) is 6.26 Å². The van der Waals surface area contributed by atoms with Gasteiger partial charge in [-0.3, -0.25) is 4.79 Å². The van der Waals surface area contributed by atoms with Gasteiger partial charge in [-0.15, -0.1) is 0 Å². The van der Waals surface area contributed by atoms with Crippen LogP contribution in [-0.2, 0) is 4.79 Å². The van der Waals surface area contributed by atoms with E-state index in [9.17, 15) is 14.0 Å². The van der Waals surface area contributed by atoms with Crippen molar-refractivity contribution in [3.63, 3.8) is 0 Å². The van der Waals surface area contributed by atoms with E-state index in [1.165, 1.54) is 13.2 Å². The topological polar surface area (TPSA) is 83.4 Å². The molecule has 0 bridgehead atoms. The van der Waals surface area contributed by atoms with Gasteiger partial charge in [0.2, 0.25) is 5.91 Å². The molecule has 3 amide bonds. The van der Waals surface area contributed by atoms with Gasteiger partial charge in [0.15, 0.2) is 0 Å². The van der Waals surface area contributed by atoms with E-state index in [4.69, 9.17) is 4.42 Å². The molecule has 0 aliphatic heterocycles. The van der Waals surface area contributed by atoms with Gasteiger partial charge in [-0.05, 0) is 24.6 Å². The van der Waals surface area contributed by atoms with Gasteiger partial charge >= 0.3 is 6.03 Å². The highest BCUT2D eigenvalue weighted by atomic mass is 19.1. The summed E-state index contributed by atoms with van der Waals surface area (Å²) >= 11 is 0. The summed E-state index contributed by atoms with van der Waals surface area (Å²) in [6.07, 6.45) is 1.53. The zero-order chi connectivity index (χ0) is 17.4. The first-order valence-electron chi connectivity index (χ1n) is 7.61. The first-order chi connectivity index (χ1) is 11.6. The maximum atomic E-state index is 12.2. The molecule has 6 nitrogen and oxygen atoms in total. The Kier molecular flexibility index (Phi) is 6.36. The van der Waals surface area contributed by atoms with Gasteiger partial charge in [0.25, 0.3) is 0 Å². The molecule has 0 unspecified atom stereocenters. The number of halogens is 1. The Morgan fingerprint density at radius 3 is 2.50 bits per heavy atom. The average Bonchev–Trinajstić information content (AvgIpc) is 3.12. The summed E-state index contributed by atoms with van der Waals surface area (Å²) in [7, 11) is 0. The molecule has 0 saturated heterocycles. The van der Waals surface area contributed by atoms with Crippen molar-refractivity contribution in [3.8, 4) is 0 Å². The van der Waals surface area contributed by atoms with Gasteiger partial charge in [-0.1, -0.05) is 30.3 Å². The Morgan fingerprint density at radius 2 is 1.88 bits per heavy atom. The minimum atomic E-state index is -0.787. The van der Waals surface area contributed by atoms with E-state index in [0.29, 0.717) is 5.76 Å². The number of furan rings is 1. The minimum absolute atomic E-state index is 0.0779. The van der Waals surface area contributed by atoms with Gasteiger partial charge in [-0.25, -0.2) is 9.18 Å². The van der Waals surface area contributed by atoms with Crippen molar-refractivity contribution in [1.29, 1.82) is 0 Å². The molecule has 2 rings (SSSR count). The van der Waals surface area contributed by atoms with Crippen LogP contribution in [0.5, 0.6) is 0 Å². The van der Waals surface area contributed by atoms with Crippen LogP contribution in [0.4, 0.5) is 9.18 Å². The number of nitrogens with one attached hydrogen (secondary N) is 3. The number of amides is 3. The van der Waals surface area contributed by atoms with E-state index in [-0.39, 0.29) is 6.54 Å². The van der Waals surface area contributed by atoms with Crippen molar-refractivity contribution in [1.82, 2.24) is 16.0 Å². The second kappa shape index (κ2) is 8.71. The first-order valence-corrected chi connectivity index (χ1v) is 7.61. The Labute approximate surface area is 139 Å². The third-order valence-corrected chi connectivity index (χ3v) is 3.37. The number of alkyl halides is 1. The molecule has 0 saturated carbocycles. The number of rotatable bonds is 7. The number of carbonyl (C=O) groups excluding carboxylic acids is 2. The highest BCUT2D eigenvalue weighted by Crippen LogP contribution is 2.22. The molecule has 0 fully saturated rings. The Balaban J connectivity index is 2.02. The predicted molar refractivity (Wildman–Crippen MR) is 87.1 cm³/mol. The normalized spacial score (nSPS) is 12.9. The lowest BCUT2D eigenvalue weighted by Gasteiger charge is -2.20. The first kappa shape index (κ1) is 17.5. The summed E-state index contributed by atoms with van der Waals surface area (Å²) in [6.45, 7) is 0.794. The number of hydrogen-bond acceptors (Lipinski definition) is 3. The summed E-state index contributed by atoms with van der Waals surface area (Å²) in [5.41, 5.74) is 0.845. The van der Waals surface area contributed by atoms with Crippen molar-refractivity contribution in [3.05, 3.63) is 60.1 Å². The predicted octanol–water partition coefficient (Wildman–Crippen LogP) is 2.14. The van der Waals surface area contributed by atoms with Gasteiger partial charge < -0.3 is 20.4 Å². The fraction of sp³-hybridized carbons (Fsp3) is 0.294. The third-order valence-electron chi connectivity index (χ3n) is 3.37. The standard InChI is InChI=1S/C17H20FN3O3/c1-12(16(22)19-10-9-18)20-17(23)21-15(14-8-5-11-24-14)13-6-3-2-4-7-13/h2-8,11-12,15H,9-10H2,1H3,(H,19,22)(H2,20,21,23)/t12-,15-/m0/s1. The van der Waals surface area contributed by atoms with Crippen LogP contribution in [0, 0.1) is 0 Å². The third kappa shape index (κ3) is 4.84. The smallest absolute Gasteiger partial charge is 0.316 e. The summed E-state index contributed by atoms with van der Waals surface area (Å²) in [5.74, 6) is 0.128. The molecule has 1 heterocycles. The molecule has 3 N–H and O–H groups in total. The van der Waals surface area contributed by atoms with Gasteiger partial charge in [-0.2, -0.15) is 0 Å². The monoisotopic (exact) mass is 333 g/mol. The van der Waals surface area contributed by atoms with Crippen LogP contribution < -0.4 is 16.0 Å². The molecule has 0 aliphatic rings. The molecule has 24 heavy (non-hydrogen) atoms. The highest BCUT2D eigenvalue weighted by Gasteiger charge is 2.21. The lowest BCUT2D eigenvalue weighted by atomic mass is 10.0. The molecule has 7 heteroatoms. The molecule has 0 aliphatic carbocycles. The Bertz CT molecular complexity index is 646. The Morgan fingerprint density at radius 1 is 1.12 bits per heavy atom. The number of carbonyl (C=O) groups is 2. The number of urea groups is 1. The van der Waals surface area contributed by atoms with Crippen LogP contribution in [0.15, 0.2) is 53.1 Å². The van der Waals surface area contributed by atoms with E-state index >= 15 is 0 Å². The van der Waals surface area contributed by atoms with Crippen LogP contribution in [0.3, 0.4) is 0 Å². The Hall–Kier alpha value is -2.83. The van der Waals surface area contributed by atoms with Gasteiger partial charge in [0.1, 0.15) is 24.5 Å². The SMILES string of the molecule is C[C@H](NC(=O)N[C@@H](c1ccccc1)c1ccco1)C(=O)NCCF. The second-order valence-corrected chi connectivity index (χ2v) is 5.18. The molecule has 2 aromatic rings. The average molecular weight is 333 g/mol. The van der Waals surface area contributed by atoms with E-state index < -0.39 is 30.7 Å². The van der Waals surface area contributed by atoms with Crippen LogP contribution in [0.2, 0.25) is 0 Å². The van der Waals surface area contributed by atoms with Crippen LogP contribution in [0.1, 0.15) is 24.3 Å². The molecule has 2 atom stereocenters.